The lowest BCUT2D eigenvalue weighted by atomic mass is 9.92. The molecule has 0 bridgehead atoms. The number of amides is 3. The third kappa shape index (κ3) is 4.67. The number of aryl methyl sites for hydroxylation is 1. The fourth-order valence-electron chi connectivity index (χ4n) is 4.57. The third-order valence-electron chi connectivity index (χ3n) is 6.33. The zero-order chi connectivity index (χ0) is 22.7. The molecule has 2 aliphatic rings. The summed E-state index contributed by atoms with van der Waals surface area (Å²) in [7, 11) is 0. The van der Waals surface area contributed by atoms with E-state index in [4.69, 9.17) is 5.73 Å². The Kier molecular flexibility index (Phi) is 6.55. The van der Waals surface area contributed by atoms with Crippen LogP contribution in [0.5, 0.6) is 0 Å². The van der Waals surface area contributed by atoms with Crippen molar-refractivity contribution < 1.29 is 14.4 Å². The van der Waals surface area contributed by atoms with Gasteiger partial charge in [-0.2, -0.15) is 0 Å². The molecule has 1 unspecified atom stereocenters. The summed E-state index contributed by atoms with van der Waals surface area (Å²) in [6, 6.07) is 16.4. The number of benzene rings is 2. The molecular weight excluding hydrogens is 404 g/mol. The van der Waals surface area contributed by atoms with Crippen LogP contribution in [0.1, 0.15) is 52.0 Å². The second kappa shape index (κ2) is 9.53. The monoisotopic (exact) mass is 434 g/mol. The van der Waals surface area contributed by atoms with Crippen molar-refractivity contribution in [3.8, 4) is 0 Å². The minimum Gasteiger partial charge on any atom is -0.350 e. The molecule has 1 saturated heterocycles. The molecule has 32 heavy (non-hydrogen) atoms. The molecule has 1 heterocycles. The molecule has 0 radical (unpaired) electrons. The largest absolute Gasteiger partial charge is 0.350 e. The van der Waals surface area contributed by atoms with E-state index in [-0.39, 0.29) is 29.8 Å². The highest BCUT2D eigenvalue weighted by Crippen LogP contribution is 2.23. The Morgan fingerprint density at radius 2 is 1.44 bits per heavy atom. The standard InChI is InChI=1S/C25H30N4O3/c1-17-6-5-9-19(16-17)25(32)29-15-14-28(24(31)18-7-3-2-4-8-18)23(29)22(30)27-21-12-10-20(26)11-13-21/h2-9,16,20-21,23H,10-15,26H2,1H3,(H,27,30). The zero-order valence-corrected chi connectivity index (χ0v) is 18.4. The van der Waals surface area contributed by atoms with Crippen LogP contribution in [0.25, 0.3) is 0 Å². The van der Waals surface area contributed by atoms with Gasteiger partial charge in [0.2, 0.25) is 0 Å². The summed E-state index contributed by atoms with van der Waals surface area (Å²) < 4.78 is 0. The van der Waals surface area contributed by atoms with Crippen molar-refractivity contribution in [2.24, 2.45) is 5.73 Å². The van der Waals surface area contributed by atoms with Gasteiger partial charge in [0.05, 0.1) is 0 Å². The molecule has 3 amide bonds. The maximum atomic E-state index is 13.4. The van der Waals surface area contributed by atoms with Gasteiger partial charge in [-0.3, -0.25) is 14.4 Å². The molecule has 1 aliphatic heterocycles. The van der Waals surface area contributed by atoms with E-state index in [0.717, 1.165) is 31.2 Å². The highest BCUT2D eigenvalue weighted by atomic mass is 16.2. The molecule has 3 N–H and O–H groups in total. The van der Waals surface area contributed by atoms with E-state index in [9.17, 15) is 14.4 Å². The number of carbonyl (C=O) groups excluding carboxylic acids is 3. The van der Waals surface area contributed by atoms with E-state index >= 15 is 0 Å². The van der Waals surface area contributed by atoms with E-state index < -0.39 is 6.17 Å². The van der Waals surface area contributed by atoms with Crippen molar-refractivity contribution in [1.29, 1.82) is 0 Å². The molecule has 2 aromatic rings. The summed E-state index contributed by atoms with van der Waals surface area (Å²) in [6.07, 6.45) is 2.34. The third-order valence-corrected chi connectivity index (χ3v) is 6.33. The highest BCUT2D eigenvalue weighted by Gasteiger charge is 2.43. The lowest BCUT2D eigenvalue weighted by Gasteiger charge is -2.33. The first-order valence-corrected chi connectivity index (χ1v) is 11.2. The molecule has 168 valence electrons. The Morgan fingerprint density at radius 1 is 0.844 bits per heavy atom. The molecule has 7 heteroatoms. The van der Waals surface area contributed by atoms with E-state index in [2.05, 4.69) is 5.32 Å². The fourth-order valence-corrected chi connectivity index (χ4v) is 4.57. The van der Waals surface area contributed by atoms with Gasteiger partial charge in [0, 0.05) is 36.3 Å². The smallest absolute Gasteiger partial charge is 0.264 e. The first kappa shape index (κ1) is 22.0. The van der Waals surface area contributed by atoms with Crippen LogP contribution in [0.2, 0.25) is 0 Å². The summed E-state index contributed by atoms with van der Waals surface area (Å²) in [5.41, 5.74) is 7.97. The van der Waals surface area contributed by atoms with E-state index in [1.54, 1.807) is 30.3 Å². The maximum absolute atomic E-state index is 13.4. The van der Waals surface area contributed by atoms with Crippen molar-refractivity contribution in [1.82, 2.24) is 15.1 Å². The number of nitrogens with two attached hydrogens (primary N) is 1. The van der Waals surface area contributed by atoms with Crippen LogP contribution in [0.15, 0.2) is 54.6 Å². The van der Waals surface area contributed by atoms with Gasteiger partial charge in [0.25, 0.3) is 17.7 Å². The molecule has 2 fully saturated rings. The molecule has 2 aromatic carbocycles. The molecule has 4 rings (SSSR count). The van der Waals surface area contributed by atoms with Crippen LogP contribution in [-0.4, -0.2) is 58.9 Å². The molecule has 1 atom stereocenters. The average Bonchev–Trinajstić information content (AvgIpc) is 3.25. The second-order valence-electron chi connectivity index (χ2n) is 8.73. The SMILES string of the molecule is Cc1cccc(C(=O)N2CCN(C(=O)c3ccccc3)C2C(=O)NC2CCC(N)CC2)c1. The molecule has 7 nitrogen and oxygen atoms in total. The number of rotatable bonds is 4. The van der Waals surface area contributed by atoms with Crippen LogP contribution in [0, 0.1) is 6.92 Å². The number of carbonyl (C=O) groups is 3. The number of nitrogens with one attached hydrogen (secondary N) is 1. The van der Waals surface area contributed by atoms with Gasteiger partial charge in [-0.25, -0.2) is 0 Å². The number of hydrogen-bond donors (Lipinski definition) is 2. The van der Waals surface area contributed by atoms with Gasteiger partial charge in [0.1, 0.15) is 0 Å². The molecule has 1 saturated carbocycles. The highest BCUT2D eigenvalue weighted by molar-refractivity contribution is 6.02. The van der Waals surface area contributed by atoms with Crippen LogP contribution in [0.3, 0.4) is 0 Å². The normalized spacial score (nSPS) is 23.1. The summed E-state index contributed by atoms with van der Waals surface area (Å²) in [6.45, 7) is 2.53. The molecular formula is C25H30N4O3. The van der Waals surface area contributed by atoms with Gasteiger partial charge >= 0.3 is 0 Å². The summed E-state index contributed by atoms with van der Waals surface area (Å²) in [5.74, 6) is -0.813. The molecule has 1 aliphatic carbocycles. The second-order valence-corrected chi connectivity index (χ2v) is 8.73. The van der Waals surface area contributed by atoms with Crippen LogP contribution in [0.4, 0.5) is 0 Å². The maximum Gasteiger partial charge on any atom is 0.264 e. The molecule has 0 spiro atoms. The van der Waals surface area contributed by atoms with Gasteiger partial charge in [0.15, 0.2) is 6.17 Å². The van der Waals surface area contributed by atoms with Crippen LogP contribution in [-0.2, 0) is 4.79 Å². The lowest BCUT2D eigenvalue weighted by Crippen LogP contribution is -2.56. The Morgan fingerprint density at radius 3 is 2.06 bits per heavy atom. The number of nitrogens with zero attached hydrogens (tertiary/aromatic N) is 2. The summed E-state index contributed by atoms with van der Waals surface area (Å²) in [5, 5.41) is 3.08. The van der Waals surface area contributed by atoms with E-state index in [1.807, 2.05) is 31.2 Å². The van der Waals surface area contributed by atoms with Crippen molar-refractivity contribution in [2.45, 2.75) is 50.9 Å². The van der Waals surface area contributed by atoms with Gasteiger partial charge in [-0.15, -0.1) is 0 Å². The van der Waals surface area contributed by atoms with Gasteiger partial charge in [-0.1, -0.05) is 35.9 Å². The Bertz CT molecular complexity index is 986. The van der Waals surface area contributed by atoms with Crippen molar-refractivity contribution in [3.05, 3.63) is 71.3 Å². The quantitative estimate of drug-likeness (QED) is 0.772. The van der Waals surface area contributed by atoms with Gasteiger partial charge in [-0.05, 0) is 56.9 Å². The minimum absolute atomic E-state index is 0.00694. The summed E-state index contributed by atoms with van der Waals surface area (Å²) >= 11 is 0. The van der Waals surface area contributed by atoms with Crippen molar-refractivity contribution in [3.63, 3.8) is 0 Å². The first-order chi connectivity index (χ1) is 15.4. The van der Waals surface area contributed by atoms with Gasteiger partial charge < -0.3 is 20.9 Å². The predicted octanol–water partition coefficient (Wildman–Crippen LogP) is 2.31. The Balaban J connectivity index is 1.59. The van der Waals surface area contributed by atoms with Crippen molar-refractivity contribution in [2.75, 3.05) is 13.1 Å². The zero-order valence-electron chi connectivity index (χ0n) is 18.4. The number of hydrogen-bond acceptors (Lipinski definition) is 4. The van der Waals surface area contributed by atoms with Crippen molar-refractivity contribution >= 4 is 17.7 Å². The molecule has 0 aromatic heterocycles. The van der Waals surface area contributed by atoms with E-state index in [0.29, 0.717) is 24.2 Å². The topological polar surface area (TPSA) is 95.7 Å². The predicted molar refractivity (Wildman–Crippen MR) is 122 cm³/mol. The van der Waals surface area contributed by atoms with Crippen LogP contribution >= 0.6 is 0 Å². The average molecular weight is 435 g/mol. The summed E-state index contributed by atoms with van der Waals surface area (Å²) in [4.78, 5) is 43.0. The fraction of sp³-hybridized carbons (Fsp3) is 0.400. The van der Waals surface area contributed by atoms with Crippen LogP contribution < -0.4 is 11.1 Å². The first-order valence-electron chi connectivity index (χ1n) is 11.2. The van der Waals surface area contributed by atoms with E-state index in [1.165, 1.54) is 9.80 Å². The minimum atomic E-state index is -0.980. The lowest BCUT2D eigenvalue weighted by molar-refractivity contribution is -0.129. The Labute approximate surface area is 188 Å². The Hall–Kier alpha value is -3.19.